The van der Waals surface area contributed by atoms with Crippen molar-refractivity contribution in [2.24, 2.45) is 4.99 Å². The third-order valence-electron chi connectivity index (χ3n) is 13.4. The van der Waals surface area contributed by atoms with Crippen molar-refractivity contribution in [3.8, 4) is 5.69 Å². The lowest BCUT2D eigenvalue weighted by atomic mass is 9.85. The average Bonchev–Trinajstić information content (AvgIpc) is 3.79. The Morgan fingerprint density at radius 2 is 1.61 bits per heavy atom. The maximum absolute atomic E-state index is 4.41. The van der Waals surface area contributed by atoms with Gasteiger partial charge >= 0.3 is 0 Å². The highest BCUT2D eigenvalue weighted by molar-refractivity contribution is 5.99. The maximum atomic E-state index is 4.41. The molecule has 11 rings (SSSR count). The van der Waals surface area contributed by atoms with Crippen molar-refractivity contribution < 1.29 is 0 Å². The fraction of sp³-hybridized carbons (Fsp3) is 0.264. The smallest absolute Gasteiger partial charge is 0.0591 e. The van der Waals surface area contributed by atoms with Gasteiger partial charge in [-0.15, -0.1) is 0 Å². The molecule has 0 bridgehead atoms. The van der Waals surface area contributed by atoms with E-state index in [0.29, 0.717) is 17.9 Å². The monoisotopic (exact) mass is 727 g/mol. The number of fused-ring (bicyclic) bond motifs is 6. The Labute approximate surface area is 331 Å². The number of hydrogen-bond acceptors (Lipinski definition) is 2. The summed E-state index contributed by atoms with van der Waals surface area (Å²) in [6, 6.07) is 33.7. The minimum absolute atomic E-state index is 0.350. The molecule has 3 heteroatoms. The van der Waals surface area contributed by atoms with Crippen molar-refractivity contribution in [1.29, 1.82) is 0 Å². The van der Waals surface area contributed by atoms with Gasteiger partial charge in [-0.2, -0.15) is 0 Å². The molecule has 0 amide bonds. The second-order valence-corrected chi connectivity index (χ2v) is 16.6. The molecule has 0 N–H and O–H groups in total. The van der Waals surface area contributed by atoms with E-state index in [4.69, 9.17) is 0 Å². The highest BCUT2D eigenvalue weighted by Crippen LogP contribution is 2.51. The normalized spacial score (nSPS) is 22.4. The largest absolute Gasteiger partial charge is 0.334 e. The van der Waals surface area contributed by atoms with Gasteiger partial charge in [0, 0.05) is 58.0 Å². The predicted molar refractivity (Wildman–Crippen MR) is 237 cm³/mol. The van der Waals surface area contributed by atoms with Gasteiger partial charge in [0.15, 0.2) is 0 Å². The molecule has 0 fully saturated rings. The Balaban J connectivity index is 0.999. The van der Waals surface area contributed by atoms with Crippen LogP contribution in [0, 0.1) is 0 Å². The molecule has 56 heavy (non-hydrogen) atoms. The Bertz CT molecular complexity index is 2580. The van der Waals surface area contributed by atoms with E-state index in [-0.39, 0.29) is 0 Å². The predicted octanol–water partition coefficient (Wildman–Crippen LogP) is 13.8. The fourth-order valence-electron chi connectivity index (χ4n) is 10.6. The summed E-state index contributed by atoms with van der Waals surface area (Å²) < 4.78 is 2.60. The van der Waals surface area contributed by atoms with Gasteiger partial charge in [-0.25, -0.2) is 0 Å². The average molecular weight is 728 g/mol. The van der Waals surface area contributed by atoms with E-state index in [0.717, 1.165) is 38.5 Å². The first-order valence-corrected chi connectivity index (χ1v) is 21.2. The molecule has 3 unspecified atom stereocenters. The molecule has 3 nitrogen and oxygen atoms in total. The van der Waals surface area contributed by atoms with Gasteiger partial charge in [0.1, 0.15) is 0 Å². The highest BCUT2D eigenvalue weighted by atomic mass is 15.2. The van der Waals surface area contributed by atoms with Crippen LogP contribution in [-0.2, 0) is 6.42 Å². The standard InChI is InChI=1S/C53H49N3/c1-3-11-36(12-4-1)38-19-23-44(24-20-38)55-50-17-9-7-15-46(50)48-25-21-41(35-53(48)55)40-22-26-52-49(34-40)47-16-8-10-18-51(47)56(52)45-32-42(37-13-5-2-6-14-37)31-43(33-45)39-27-29-54-30-28-39/h1,3,8-11,13,16-21,23-25,27,29-35,39,46,50H,2,4-7,12,14-15,22,26,28H2. The Kier molecular flexibility index (Phi) is 8.49. The number of allylic oxidation sites excluding steroid dienone is 9. The van der Waals surface area contributed by atoms with E-state index >= 15 is 0 Å². The Hall–Kier alpha value is -5.67. The van der Waals surface area contributed by atoms with Gasteiger partial charge in [-0.3, -0.25) is 4.99 Å². The van der Waals surface area contributed by atoms with Crippen LogP contribution >= 0.6 is 0 Å². The molecule has 276 valence electrons. The van der Waals surface area contributed by atoms with Crippen molar-refractivity contribution in [2.75, 3.05) is 4.90 Å². The van der Waals surface area contributed by atoms with E-state index in [2.05, 4.69) is 154 Å². The number of hydrogen-bond donors (Lipinski definition) is 0. The quantitative estimate of drug-likeness (QED) is 0.160. The molecule has 3 heterocycles. The van der Waals surface area contributed by atoms with E-state index < -0.39 is 0 Å². The topological polar surface area (TPSA) is 20.5 Å². The lowest BCUT2D eigenvalue weighted by molar-refractivity contribution is 0.573. The zero-order valence-electron chi connectivity index (χ0n) is 32.2. The molecule has 1 aromatic heterocycles. The SMILES string of the molecule is C1=CCCC(c2ccc(N3c4cc(C5=Cc6c(n(-c7cc(C8=CCCCC8)cc(C8C=CN=CC8)c7)c7ccccc67)CC5)ccc4C4CCC=CC43)cc2)=C1. The Morgan fingerprint density at radius 1 is 0.679 bits per heavy atom. The number of aromatic nitrogens is 1. The summed E-state index contributed by atoms with van der Waals surface area (Å²) in [7, 11) is 0. The fourth-order valence-corrected chi connectivity index (χ4v) is 10.6. The van der Waals surface area contributed by atoms with E-state index in [1.807, 2.05) is 6.20 Å². The summed E-state index contributed by atoms with van der Waals surface area (Å²) in [5.74, 6) is 0.879. The van der Waals surface area contributed by atoms with Crippen LogP contribution in [0.3, 0.4) is 0 Å². The third kappa shape index (κ3) is 5.83. The molecule has 0 radical (unpaired) electrons. The van der Waals surface area contributed by atoms with E-state index in [1.165, 1.54) is 116 Å². The molecule has 3 atom stereocenters. The van der Waals surface area contributed by atoms with Crippen LogP contribution in [0.25, 0.3) is 39.4 Å². The Morgan fingerprint density at radius 3 is 2.46 bits per heavy atom. The van der Waals surface area contributed by atoms with Gasteiger partial charge in [0.25, 0.3) is 0 Å². The highest BCUT2D eigenvalue weighted by Gasteiger charge is 2.39. The maximum Gasteiger partial charge on any atom is 0.0591 e. The molecule has 5 aromatic rings. The van der Waals surface area contributed by atoms with Gasteiger partial charge < -0.3 is 9.47 Å². The van der Waals surface area contributed by atoms with Gasteiger partial charge in [0.2, 0.25) is 0 Å². The van der Waals surface area contributed by atoms with Crippen molar-refractivity contribution in [3.63, 3.8) is 0 Å². The first-order chi connectivity index (χ1) is 27.8. The first-order valence-electron chi connectivity index (χ1n) is 21.2. The minimum atomic E-state index is 0.350. The van der Waals surface area contributed by atoms with Gasteiger partial charge in [-0.1, -0.05) is 91.1 Å². The van der Waals surface area contributed by atoms with E-state index in [1.54, 1.807) is 0 Å². The molecule has 2 aliphatic heterocycles. The van der Waals surface area contributed by atoms with Crippen LogP contribution in [0.15, 0.2) is 139 Å². The number of para-hydroxylation sites is 1. The second-order valence-electron chi connectivity index (χ2n) is 16.6. The van der Waals surface area contributed by atoms with Gasteiger partial charge in [0.05, 0.1) is 11.6 Å². The number of rotatable bonds is 6. The summed E-state index contributed by atoms with van der Waals surface area (Å²) in [5.41, 5.74) is 19.5. The van der Waals surface area contributed by atoms with Crippen molar-refractivity contribution in [3.05, 3.63) is 173 Å². The third-order valence-corrected chi connectivity index (χ3v) is 13.4. The molecular weight excluding hydrogens is 679 g/mol. The number of nitrogens with zero attached hydrogens (tertiary/aromatic N) is 3. The minimum Gasteiger partial charge on any atom is -0.334 e. The van der Waals surface area contributed by atoms with Crippen LogP contribution < -0.4 is 4.90 Å². The summed E-state index contributed by atoms with van der Waals surface area (Å²) in [6.07, 6.45) is 35.5. The van der Waals surface area contributed by atoms with Crippen LogP contribution in [0.2, 0.25) is 0 Å². The molecule has 0 saturated carbocycles. The zero-order valence-corrected chi connectivity index (χ0v) is 32.2. The number of anilines is 2. The van der Waals surface area contributed by atoms with Crippen LogP contribution in [-0.4, -0.2) is 16.8 Å². The summed E-state index contributed by atoms with van der Waals surface area (Å²) in [4.78, 5) is 7.04. The molecule has 0 saturated heterocycles. The number of benzene rings is 4. The van der Waals surface area contributed by atoms with Crippen molar-refractivity contribution >= 4 is 51.3 Å². The zero-order chi connectivity index (χ0) is 37.0. The molecule has 4 aromatic carbocycles. The second kappa shape index (κ2) is 14.1. The molecule has 0 spiro atoms. The van der Waals surface area contributed by atoms with Crippen LogP contribution in [0.5, 0.6) is 0 Å². The van der Waals surface area contributed by atoms with E-state index in [9.17, 15) is 0 Å². The molecular formula is C53H49N3. The first kappa shape index (κ1) is 33.6. The number of aliphatic imine (C=N–C) groups is 1. The molecule has 4 aliphatic carbocycles. The van der Waals surface area contributed by atoms with Crippen LogP contribution in [0.4, 0.5) is 11.4 Å². The lowest BCUT2D eigenvalue weighted by Crippen LogP contribution is -2.29. The lowest BCUT2D eigenvalue weighted by Gasteiger charge is -2.30. The molecule has 6 aliphatic rings. The summed E-state index contributed by atoms with van der Waals surface area (Å²) >= 11 is 0. The van der Waals surface area contributed by atoms with Gasteiger partial charge in [-0.05, 0) is 158 Å². The summed E-state index contributed by atoms with van der Waals surface area (Å²) in [5, 5.41) is 1.34. The van der Waals surface area contributed by atoms with Crippen molar-refractivity contribution in [2.45, 2.75) is 88.5 Å². The van der Waals surface area contributed by atoms with Crippen LogP contribution in [0.1, 0.15) is 115 Å². The summed E-state index contributed by atoms with van der Waals surface area (Å²) in [6.45, 7) is 0. The van der Waals surface area contributed by atoms with Crippen molar-refractivity contribution in [1.82, 2.24) is 4.57 Å².